The Morgan fingerprint density at radius 2 is 2.00 bits per heavy atom. The van der Waals surface area contributed by atoms with Crippen molar-refractivity contribution in [3.8, 4) is 0 Å². The van der Waals surface area contributed by atoms with Crippen LogP contribution in [0.4, 0.5) is 0 Å². The van der Waals surface area contributed by atoms with Crippen LogP contribution in [0.1, 0.15) is 26.7 Å². The van der Waals surface area contributed by atoms with Gasteiger partial charge in [0.25, 0.3) is 0 Å². The van der Waals surface area contributed by atoms with Gasteiger partial charge in [0.15, 0.2) is 0 Å². The van der Waals surface area contributed by atoms with Crippen LogP contribution in [0.3, 0.4) is 0 Å². The number of carbonyl (C=O) groups excluding carboxylic acids is 1. The maximum Gasteiger partial charge on any atom is 0.132 e. The summed E-state index contributed by atoms with van der Waals surface area (Å²) in [5, 5.41) is 0. The second-order valence-corrected chi connectivity index (χ2v) is 3.50. The minimum Gasteiger partial charge on any atom is -0.300 e. The summed E-state index contributed by atoms with van der Waals surface area (Å²) in [6.07, 6.45) is 3.16. The lowest BCUT2D eigenvalue weighted by Crippen LogP contribution is -1.88. The van der Waals surface area contributed by atoms with Gasteiger partial charge in [0.2, 0.25) is 0 Å². The van der Waals surface area contributed by atoms with E-state index in [9.17, 15) is 4.79 Å². The minimum absolute atomic E-state index is 0.343. The molecule has 1 aromatic heterocycles. The number of rotatable bonds is 2. The lowest BCUT2D eigenvalue weighted by molar-refractivity contribution is -0.118. The van der Waals surface area contributed by atoms with Crippen LogP contribution in [-0.2, 0) is 4.79 Å². The van der Waals surface area contributed by atoms with Crippen molar-refractivity contribution >= 4 is 28.4 Å². The number of hydrogen-bond donors (Lipinski definition) is 0. The Kier molecular flexibility index (Phi) is 7.88. The first-order valence-electron chi connectivity index (χ1n) is 4.28. The molecule has 0 aromatic carbocycles. The summed E-state index contributed by atoms with van der Waals surface area (Å²) >= 11 is 2.17. The van der Waals surface area contributed by atoms with Crippen LogP contribution in [0.5, 0.6) is 0 Å². The zero-order valence-corrected chi connectivity index (χ0v) is 10.1. The van der Waals surface area contributed by atoms with Gasteiger partial charge in [-0.25, -0.2) is 0 Å². The molecular weight excluding hydrogens is 277 g/mol. The summed E-state index contributed by atoms with van der Waals surface area (Å²) in [5.41, 5.74) is 0. The van der Waals surface area contributed by atoms with Gasteiger partial charge < -0.3 is 0 Å². The third-order valence-electron chi connectivity index (χ3n) is 1.42. The van der Waals surface area contributed by atoms with E-state index in [1.165, 1.54) is 0 Å². The smallest absolute Gasteiger partial charge is 0.132 e. The number of nitrogens with zero attached hydrogens (tertiary/aromatic N) is 1. The first kappa shape index (κ1) is 12.6. The molecule has 0 aliphatic carbocycles. The molecule has 3 heteroatoms. The highest BCUT2D eigenvalue weighted by Crippen LogP contribution is 1.94. The molecule has 0 bridgehead atoms. The number of halogens is 1. The van der Waals surface area contributed by atoms with E-state index in [1.807, 2.05) is 32.0 Å². The molecule has 13 heavy (non-hydrogen) atoms. The van der Waals surface area contributed by atoms with Crippen molar-refractivity contribution in [3.05, 3.63) is 28.1 Å². The molecule has 0 aliphatic rings. The number of aromatic nitrogens is 1. The van der Waals surface area contributed by atoms with Crippen LogP contribution < -0.4 is 0 Å². The molecule has 0 saturated carbocycles. The van der Waals surface area contributed by atoms with E-state index in [0.29, 0.717) is 18.6 Å². The Hall–Kier alpha value is -0.450. The fraction of sp³-hybridized carbons (Fsp3) is 0.400. The zero-order chi connectivity index (χ0) is 10.1. The Morgan fingerprint density at radius 1 is 1.38 bits per heavy atom. The van der Waals surface area contributed by atoms with Gasteiger partial charge >= 0.3 is 0 Å². The molecule has 0 unspecified atom stereocenters. The number of hydrogen-bond acceptors (Lipinski definition) is 2. The summed E-state index contributed by atoms with van der Waals surface area (Å²) in [4.78, 5) is 14.1. The van der Waals surface area contributed by atoms with Crippen molar-refractivity contribution in [1.82, 2.24) is 4.98 Å². The van der Waals surface area contributed by atoms with E-state index in [2.05, 4.69) is 27.6 Å². The summed E-state index contributed by atoms with van der Waals surface area (Å²) in [6.45, 7) is 3.76. The van der Waals surface area contributed by atoms with Gasteiger partial charge in [-0.15, -0.1) is 0 Å². The van der Waals surface area contributed by atoms with Crippen LogP contribution >= 0.6 is 22.6 Å². The summed E-state index contributed by atoms with van der Waals surface area (Å²) < 4.78 is 1.04. The van der Waals surface area contributed by atoms with Crippen LogP contribution in [0, 0.1) is 3.70 Å². The van der Waals surface area contributed by atoms with Crippen molar-refractivity contribution < 1.29 is 4.79 Å². The van der Waals surface area contributed by atoms with E-state index in [1.54, 1.807) is 6.20 Å². The molecule has 1 rings (SSSR count). The standard InChI is InChI=1S/C5H4IN.C5H10O/c6-5-3-1-2-4-7-5;1-3-5(6)4-2/h1-4H;3-4H2,1-2H3. The van der Waals surface area contributed by atoms with Gasteiger partial charge in [0.1, 0.15) is 9.48 Å². The first-order chi connectivity index (χ1) is 6.20. The topological polar surface area (TPSA) is 30.0 Å². The molecule has 0 atom stereocenters. The second kappa shape index (κ2) is 8.16. The molecule has 72 valence electrons. The van der Waals surface area contributed by atoms with E-state index >= 15 is 0 Å². The lowest BCUT2D eigenvalue weighted by atomic mass is 10.3. The number of Topliss-reactive ketones (excluding diaryl/α,β-unsaturated/α-hetero) is 1. The van der Waals surface area contributed by atoms with Crippen molar-refractivity contribution in [2.45, 2.75) is 26.7 Å². The molecule has 0 fully saturated rings. The third-order valence-corrected chi connectivity index (χ3v) is 2.06. The average Bonchev–Trinajstić information content (AvgIpc) is 2.19. The molecule has 0 N–H and O–H groups in total. The zero-order valence-electron chi connectivity index (χ0n) is 7.96. The van der Waals surface area contributed by atoms with E-state index < -0.39 is 0 Å². The van der Waals surface area contributed by atoms with Crippen LogP contribution in [0.15, 0.2) is 24.4 Å². The Labute approximate surface area is 92.9 Å². The largest absolute Gasteiger partial charge is 0.300 e. The molecule has 0 amide bonds. The van der Waals surface area contributed by atoms with Crippen molar-refractivity contribution in [2.75, 3.05) is 0 Å². The highest BCUT2D eigenvalue weighted by Gasteiger charge is 1.86. The molecule has 0 spiro atoms. The predicted molar refractivity (Wildman–Crippen MR) is 62.5 cm³/mol. The van der Waals surface area contributed by atoms with E-state index in [0.717, 1.165) is 3.70 Å². The summed E-state index contributed by atoms with van der Waals surface area (Å²) in [7, 11) is 0. The molecular formula is C10H14INO. The third kappa shape index (κ3) is 7.90. The second-order valence-electron chi connectivity index (χ2n) is 2.40. The highest BCUT2D eigenvalue weighted by molar-refractivity contribution is 14.1. The van der Waals surface area contributed by atoms with Gasteiger partial charge in [-0.3, -0.25) is 9.78 Å². The summed E-state index contributed by atoms with van der Waals surface area (Å²) in [5.74, 6) is 0.343. The Morgan fingerprint density at radius 3 is 2.15 bits per heavy atom. The molecule has 1 aromatic rings. The van der Waals surface area contributed by atoms with Crippen molar-refractivity contribution in [3.63, 3.8) is 0 Å². The van der Waals surface area contributed by atoms with Crippen LogP contribution in [0.25, 0.3) is 0 Å². The molecule has 1 heterocycles. The van der Waals surface area contributed by atoms with Crippen LogP contribution in [0.2, 0.25) is 0 Å². The molecule has 0 aliphatic heterocycles. The quantitative estimate of drug-likeness (QED) is 0.619. The maximum absolute atomic E-state index is 10.2. The van der Waals surface area contributed by atoms with E-state index in [4.69, 9.17) is 0 Å². The fourth-order valence-electron chi connectivity index (χ4n) is 0.592. The number of carbonyl (C=O) groups is 1. The van der Waals surface area contributed by atoms with Gasteiger partial charge in [0.05, 0.1) is 0 Å². The summed E-state index contributed by atoms with van der Waals surface area (Å²) in [6, 6.07) is 5.83. The van der Waals surface area contributed by atoms with Crippen molar-refractivity contribution in [2.24, 2.45) is 0 Å². The molecule has 0 radical (unpaired) electrons. The lowest BCUT2D eigenvalue weighted by Gasteiger charge is -1.81. The highest BCUT2D eigenvalue weighted by atomic mass is 127. The van der Waals surface area contributed by atoms with E-state index in [-0.39, 0.29) is 0 Å². The molecule has 0 saturated heterocycles. The molecule has 2 nitrogen and oxygen atoms in total. The Balaban J connectivity index is 0.000000226. The van der Waals surface area contributed by atoms with Crippen LogP contribution in [-0.4, -0.2) is 10.8 Å². The van der Waals surface area contributed by atoms with Gasteiger partial charge in [-0.05, 0) is 34.7 Å². The number of ketones is 1. The monoisotopic (exact) mass is 291 g/mol. The normalized spacial score (nSPS) is 8.54. The minimum atomic E-state index is 0.343. The number of pyridine rings is 1. The van der Waals surface area contributed by atoms with Gasteiger partial charge in [0, 0.05) is 19.0 Å². The Bertz CT molecular complexity index is 230. The maximum atomic E-state index is 10.2. The van der Waals surface area contributed by atoms with Gasteiger partial charge in [-0.1, -0.05) is 19.9 Å². The van der Waals surface area contributed by atoms with Gasteiger partial charge in [-0.2, -0.15) is 0 Å². The average molecular weight is 291 g/mol. The predicted octanol–water partition coefficient (Wildman–Crippen LogP) is 3.06. The fourth-order valence-corrected chi connectivity index (χ4v) is 0.960. The van der Waals surface area contributed by atoms with Crippen molar-refractivity contribution in [1.29, 1.82) is 0 Å². The first-order valence-corrected chi connectivity index (χ1v) is 5.36. The SMILES string of the molecule is CCC(=O)CC.Ic1ccccn1.